The highest BCUT2D eigenvalue weighted by atomic mass is 16.4. The first kappa shape index (κ1) is 11.0. The quantitative estimate of drug-likeness (QED) is 0.829. The van der Waals surface area contributed by atoms with Gasteiger partial charge in [-0.2, -0.15) is 0 Å². The SMILES string of the molecule is CCN1c2ccccc2C(C)(C)[C@H]1C(=O)O. The molecule has 0 aromatic heterocycles. The molecule has 1 N–H and O–H groups in total. The smallest absolute Gasteiger partial charge is 0.327 e. The Labute approximate surface area is 95.7 Å². The molecule has 0 unspecified atom stereocenters. The van der Waals surface area contributed by atoms with Crippen molar-refractivity contribution < 1.29 is 9.90 Å². The monoisotopic (exact) mass is 219 g/mol. The van der Waals surface area contributed by atoms with Gasteiger partial charge in [0.05, 0.1) is 0 Å². The number of carboxylic acid groups (broad SMARTS) is 1. The van der Waals surface area contributed by atoms with Gasteiger partial charge in [0, 0.05) is 17.6 Å². The van der Waals surface area contributed by atoms with E-state index >= 15 is 0 Å². The van der Waals surface area contributed by atoms with E-state index in [2.05, 4.69) is 0 Å². The number of benzene rings is 1. The number of nitrogens with zero attached hydrogens (tertiary/aromatic N) is 1. The fourth-order valence-electron chi connectivity index (χ4n) is 2.74. The van der Waals surface area contributed by atoms with Crippen LogP contribution in [0.15, 0.2) is 24.3 Å². The van der Waals surface area contributed by atoms with Gasteiger partial charge >= 0.3 is 5.97 Å². The van der Waals surface area contributed by atoms with E-state index < -0.39 is 12.0 Å². The molecule has 86 valence electrons. The maximum atomic E-state index is 11.4. The number of likely N-dealkylation sites (N-methyl/N-ethyl adjacent to an activating group) is 1. The van der Waals surface area contributed by atoms with Crippen molar-refractivity contribution in [2.75, 3.05) is 11.4 Å². The van der Waals surface area contributed by atoms with Crippen LogP contribution in [0, 0.1) is 0 Å². The van der Waals surface area contributed by atoms with Crippen molar-refractivity contribution in [1.82, 2.24) is 0 Å². The van der Waals surface area contributed by atoms with E-state index in [1.807, 2.05) is 49.9 Å². The predicted molar refractivity (Wildman–Crippen MR) is 63.9 cm³/mol. The van der Waals surface area contributed by atoms with Gasteiger partial charge in [0.15, 0.2) is 0 Å². The predicted octanol–water partition coefficient (Wildman–Crippen LogP) is 2.26. The van der Waals surface area contributed by atoms with Crippen LogP contribution in [0.5, 0.6) is 0 Å². The summed E-state index contributed by atoms with van der Waals surface area (Å²) in [7, 11) is 0. The normalized spacial score (nSPS) is 21.9. The first-order valence-corrected chi connectivity index (χ1v) is 5.59. The van der Waals surface area contributed by atoms with Crippen LogP contribution < -0.4 is 4.90 Å². The molecule has 2 rings (SSSR count). The van der Waals surface area contributed by atoms with E-state index in [0.717, 1.165) is 17.8 Å². The number of rotatable bonds is 2. The van der Waals surface area contributed by atoms with Crippen LogP contribution in [0.3, 0.4) is 0 Å². The van der Waals surface area contributed by atoms with Crippen molar-refractivity contribution in [2.45, 2.75) is 32.2 Å². The molecule has 0 aliphatic carbocycles. The topological polar surface area (TPSA) is 40.5 Å². The summed E-state index contributed by atoms with van der Waals surface area (Å²) in [4.78, 5) is 13.4. The third kappa shape index (κ3) is 1.31. The van der Waals surface area contributed by atoms with Gasteiger partial charge < -0.3 is 10.0 Å². The van der Waals surface area contributed by atoms with Gasteiger partial charge in [-0.1, -0.05) is 32.0 Å². The highest BCUT2D eigenvalue weighted by Crippen LogP contribution is 2.44. The fraction of sp³-hybridized carbons (Fsp3) is 0.462. The molecule has 3 heteroatoms. The maximum Gasteiger partial charge on any atom is 0.327 e. The van der Waals surface area contributed by atoms with Gasteiger partial charge in [-0.15, -0.1) is 0 Å². The molecular formula is C13H17NO2. The lowest BCUT2D eigenvalue weighted by atomic mass is 9.80. The molecule has 16 heavy (non-hydrogen) atoms. The van der Waals surface area contributed by atoms with Crippen LogP contribution in [0.1, 0.15) is 26.3 Å². The molecule has 1 heterocycles. The Morgan fingerprint density at radius 1 is 1.44 bits per heavy atom. The summed E-state index contributed by atoms with van der Waals surface area (Å²) in [6, 6.07) is 7.50. The van der Waals surface area contributed by atoms with Gasteiger partial charge in [0.25, 0.3) is 0 Å². The van der Waals surface area contributed by atoms with Crippen LogP contribution in [0.25, 0.3) is 0 Å². The number of carbonyl (C=O) groups is 1. The Hall–Kier alpha value is -1.51. The Balaban J connectivity index is 2.59. The molecule has 0 amide bonds. The van der Waals surface area contributed by atoms with E-state index in [9.17, 15) is 9.90 Å². The summed E-state index contributed by atoms with van der Waals surface area (Å²) in [5.74, 6) is -0.747. The van der Waals surface area contributed by atoms with Crippen molar-refractivity contribution in [3.63, 3.8) is 0 Å². The summed E-state index contributed by atoms with van der Waals surface area (Å²) in [5.41, 5.74) is 1.85. The molecule has 0 radical (unpaired) electrons. The Morgan fingerprint density at radius 3 is 2.62 bits per heavy atom. The van der Waals surface area contributed by atoms with Gasteiger partial charge in [0.1, 0.15) is 6.04 Å². The molecule has 1 aliphatic rings. The van der Waals surface area contributed by atoms with Crippen molar-refractivity contribution in [3.05, 3.63) is 29.8 Å². The lowest BCUT2D eigenvalue weighted by Crippen LogP contribution is -2.47. The highest BCUT2D eigenvalue weighted by Gasteiger charge is 2.47. The van der Waals surface area contributed by atoms with Gasteiger partial charge in [-0.3, -0.25) is 0 Å². The number of carboxylic acids is 1. The zero-order valence-electron chi connectivity index (χ0n) is 9.90. The average Bonchev–Trinajstić information content (AvgIpc) is 2.47. The zero-order valence-corrected chi connectivity index (χ0v) is 9.90. The lowest BCUT2D eigenvalue weighted by Gasteiger charge is -2.30. The third-order valence-electron chi connectivity index (χ3n) is 3.48. The second-order valence-electron chi connectivity index (χ2n) is 4.77. The minimum Gasteiger partial charge on any atom is -0.480 e. The van der Waals surface area contributed by atoms with E-state index in [1.54, 1.807) is 0 Å². The van der Waals surface area contributed by atoms with Gasteiger partial charge in [-0.05, 0) is 18.6 Å². The Kier molecular flexibility index (Phi) is 2.41. The maximum absolute atomic E-state index is 11.4. The number of anilines is 1. The van der Waals surface area contributed by atoms with E-state index in [4.69, 9.17) is 0 Å². The van der Waals surface area contributed by atoms with Crippen molar-refractivity contribution >= 4 is 11.7 Å². The Morgan fingerprint density at radius 2 is 2.06 bits per heavy atom. The minimum absolute atomic E-state index is 0.335. The van der Waals surface area contributed by atoms with E-state index in [-0.39, 0.29) is 5.41 Å². The van der Waals surface area contributed by atoms with Crippen LogP contribution in [-0.2, 0) is 10.2 Å². The Bertz CT molecular complexity index is 426. The van der Waals surface area contributed by atoms with E-state index in [0.29, 0.717) is 0 Å². The molecule has 0 spiro atoms. The second-order valence-corrected chi connectivity index (χ2v) is 4.77. The molecule has 0 saturated carbocycles. The summed E-state index contributed by atoms with van der Waals surface area (Å²) in [5, 5.41) is 9.38. The summed E-state index contributed by atoms with van der Waals surface area (Å²) >= 11 is 0. The number of hydrogen-bond donors (Lipinski definition) is 1. The summed E-state index contributed by atoms with van der Waals surface area (Å²) < 4.78 is 0. The van der Waals surface area contributed by atoms with Gasteiger partial charge in [0.2, 0.25) is 0 Å². The molecule has 1 aromatic rings. The average molecular weight is 219 g/mol. The van der Waals surface area contributed by atoms with Crippen molar-refractivity contribution in [1.29, 1.82) is 0 Å². The molecule has 3 nitrogen and oxygen atoms in total. The number of fused-ring (bicyclic) bond motifs is 1. The number of para-hydroxylation sites is 1. The first-order valence-electron chi connectivity index (χ1n) is 5.59. The third-order valence-corrected chi connectivity index (χ3v) is 3.48. The summed E-state index contributed by atoms with van der Waals surface area (Å²) in [6.07, 6.45) is 0. The van der Waals surface area contributed by atoms with Gasteiger partial charge in [-0.25, -0.2) is 4.79 Å². The van der Waals surface area contributed by atoms with Crippen LogP contribution in [0.2, 0.25) is 0 Å². The molecular weight excluding hydrogens is 202 g/mol. The minimum atomic E-state index is -0.747. The van der Waals surface area contributed by atoms with Crippen LogP contribution in [0.4, 0.5) is 5.69 Å². The zero-order chi connectivity index (χ0) is 11.9. The van der Waals surface area contributed by atoms with Crippen LogP contribution in [-0.4, -0.2) is 23.7 Å². The number of hydrogen-bond acceptors (Lipinski definition) is 2. The first-order chi connectivity index (χ1) is 7.50. The largest absolute Gasteiger partial charge is 0.480 e. The van der Waals surface area contributed by atoms with Crippen molar-refractivity contribution in [3.8, 4) is 0 Å². The molecule has 1 aliphatic heterocycles. The summed E-state index contributed by atoms with van der Waals surface area (Å²) in [6.45, 7) is 6.71. The standard InChI is InChI=1S/C13H17NO2/c1-4-14-10-8-6-5-7-9(10)13(2,3)11(14)12(15)16/h5-8,11H,4H2,1-3H3,(H,15,16)/t11-/m1/s1. The van der Waals surface area contributed by atoms with Crippen molar-refractivity contribution in [2.24, 2.45) is 0 Å². The molecule has 1 aromatic carbocycles. The molecule has 0 bridgehead atoms. The molecule has 1 atom stereocenters. The lowest BCUT2D eigenvalue weighted by molar-refractivity contribution is -0.139. The second kappa shape index (κ2) is 3.51. The fourth-order valence-corrected chi connectivity index (χ4v) is 2.74. The molecule has 0 fully saturated rings. The van der Waals surface area contributed by atoms with Crippen LogP contribution >= 0.6 is 0 Å². The molecule has 0 saturated heterocycles. The van der Waals surface area contributed by atoms with E-state index in [1.165, 1.54) is 0 Å². The highest BCUT2D eigenvalue weighted by molar-refractivity contribution is 5.85. The number of aliphatic carboxylic acids is 1.